The van der Waals surface area contributed by atoms with Crippen molar-refractivity contribution in [2.75, 3.05) is 19.8 Å². The zero-order chi connectivity index (χ0) is 22.8. The van der Waals surface area contributed by atoms with Crippen LogP contribution in [-0.4, -0.2) is 79.6 Å². The number of nitrogens with zero attached hydrogens (tertiary/aromatic N) is 2. The van der Waals surface area contributed by atoms with Crippen LogP contribution in [0.25, 0.3) is 11.0 Å². The van der Waals surface area contributed by atoms with Crippen molar-refractivity contribution in [3.05, 3.63) is 28.4 Å². The Morgan fingerprint density at radius 3 is 2.74 bits per heavy atom. The standard InChI is InChI=1S/C19H28N4O8/c1-19(2,3)31-18(28)20-4-5-29-9-11-6-10-7-23(17(27)22-15(10)21-11)16-14(26)13(25)12(8-24)30-16/h6-7,12-14,16,24-26H,4-5,8-9H2,1-3H3,(H,20,28)(H,21,22,27)/t12-,13-,14-,16+/m1/s1. The molecule has 3 heterocycles. The smallest absolute Gasteiger partial charge is 0.407 e. The number of carbonyl (C=O) groups is 1. The van der Waals surface area contributed by atoms with Crippen molar-refractivity contribution in [2.45, 2.75) is 57.5 Å². The lowest BCUT2D eigenvalue weighted by atomic mass is 10.1. The molecule has 0 aliphatic carbocycles. The van der Waals surface area contributed by atoms with Crippen molar-refractivity contribution >= 4 is 17.1 Å². The lowest BCUT2D eigenvalue weighted by Crippen LogP contribution is -2.35. The average molecular weight is 440 g/mol. The van der Waals surface area contributed by atoms with Crippen molar-refractivity contribution < 1.29 is 34.3 Å². The fourth-order valence-electron chi connectivity index (χ4n) is 3.16. The molecular formula is C19H28N4O8. The molecule has 1 saturated heterocycles. The molecule has 0 bridgehead atoms. The highest BCUT2D eigenvalue weighted by molar-refractivity contribution is 5.75. The molecule has 12 nitrogen and oxygen atoms in total. The Morgan fingerprint density at radius 1 is 1.35 bits per heavy atom. The first-order chi connectivity index (χ1) is 14.6. The lowest BCUT2D eigenvalue weighted by Gasteiger charge is -2.19. The van der Waals surface area contributed by atoms with Crippen LogP contribution in [0.1, 0.15) is 32.7 Å². The number of hydrogen-bond acceptors (Lipinski definition) is 9. The Hall–Kier alpha value is -2.51. The first kappa shape index (κ1) is 23.2. The van der Waals surface area contributed by atoms with E-state index in [-0.39, 0.29) is 19.8 Å². The SMILES string of the molecule is CC(C)(C)OC(=O)NCCOCc1cc2cn([C@H]3O[C@H](CO)[C@@H](O)[C@H]3O)c(=O)nc2[nH]1. The summed E-state index contributed by atoms with van der Waals surface area (Å²) in [7, 11) is 0. The second-order valence-electron chi connectivity index (χ2n) is 8.24. The molecule has 3 rings (SSSR count). The fourth-order valence-corrected chi connectivity index (χ4v) is 3.16. The molecule has 2 aromatic rings. The summed E-state index contributed by atoms with van der Waals surface area (Å²) in [4.78, 5) is 30.8. The minimum absolute atomic E-state index is 0.189. The highest BCUT2D eigenvalue weighted by Crippen LogP contribution is 2.28. The predicted octanol–water partition coefficient (Wildman–Crippen LogP) is -0.623. The number of fused-ring (bicyclic) bond motifs is 1. The zero-order valence-electron chi connectivity index (χ0n) is 17.6. The number of aromatic amines is 1. The Labute approximate surface area is 177 Å². The molecular weight excluding hydrogens is 412 g/mol. The van der Waals surface area contributed by atoms with Crippen molar-refractivity contribution in [1.29, 1.82) is 0 Å². The largest absolute Gasteiger partial charge is 0.444 e. The minimum Gasteiger partial charge on any atom is -0.444 e. The maximum Gasteiger partial charge on any atom is 0.407 e. The van der Waals surface area contributed by atoms with Gasteiger partial charge in [0, 0.05) is 23.8 Å². The molecule has 172 valence electrons. The Balaban J connectivity index is 1.58. The van der Waals surface area contributed by atoms with Crippen molar-refractivity contribution in [3.63, 3.8) is 0 Å². The molecule has 0 spiro atoms. The van der Waals surface area contributed by atoms with E-state index in [2.05, 4.69) is 15.3 Å². The van der Waals surface area contributed by atoms with Crippen LogP contribution in [0, 0.1) is 0 Å². The number of alkyl carbamates (subject to hydrolysis) is 1. The third-order valence-electron chi connectivity index (χ3n) is 4.55. The number of carbonyl (C=O) groups excluding carboxylic acids is 1. The van der Waals surface area contributed by atoms with E-state index in [0.29, 0.717) is 16.7 Å². The molecule has 0 saturated carbocycles. The maximum atomic E-state index is 12.4. The van der Waals surface area contributed by atoms with Crippen molar-refractivity contribution in [3.8, 4) is 0 Å². The van der Waals surface area contributed by atoms with Gasteiger partial charge in [0.1, 0.15) is 29.6 Å². The number of aliphatic hydroxyl groups excluding tert-OH is 3. The van der Waals surface area contributed by atoms with E-state index < -0.39 is 48.5 Å². The normalized spacial score (nSPS) is 23.9. The third kappa shape index (κ3) is 5.60. The molecule has 0 unspecified atom stereocenters. The quantitative estimate of drug-likeness (QED) is 0.352. The fraction of sp³-hybridized carbons (Fsp3) is 0.632. The second kappa shape index (κ2) is 9.32. The molecule has 12 heteroatoms. The molecule has 0 aromatic carbocycles. The van der Waals surface area contributed by atoms with Gasteiger partial charge in [0.2, 0.25) is 0 Å². The summed E-state index contributed by atoms with van der Waals surface area (Å²) in [6.07, 6.45) is -3.93. The summed E-state index contributed by atoms with van der Waals surface area (Å²) in [6, 6.07) is 1.72. The van der Waals surface area contributed by atoms with E-state index in [1.165, 1.54) is 6.20 Å². The summed E-state index contributed by atoms with van der Waals surface area (Å²) in [6.45, 7) is 5.53. The summed E-state index contributed by atoms with van der Waals surface area (Å²) < 4.78 is 17.1. The summed E-state index contributed by atoms with van der Waals surface area (Å²) >= 11 is 0. The van der Waals surface area contributed by atoms with Crippen molar-refractivity contribution in [1.82, 2.24) is 19.9 Å². The van der Waals surface area contributed by atoms with Gasteiger partial charge in [-0.15, -0.1) is 0 Å². The maximum absolute atomic E-state index is 12.4. The Bertz CT molecular complexity index is 966. The monoisotopic (exact) mass is 440 g/mol. The van der Waals surface area contributed by atoms with Gasteiger partial charge >= 0.3 is 11.8 Å². The molecule has 0 radical (unpaired) electrons. The van der Waals surface area contributed by atoms with Crippen LogP contribution in [0.2, 0.25) is 0 Å². The van der Waals surface area contributed by atoms with Crippen LogP contribution < -0.4 is 11.0 Å². The molecule has 5 N–H and O–H groups in total. The van der Waals surface area contributed by atoms with E-state index in [4.69, 9.17) is 14.2 Å². The Kier molecular flexibility index (Phi) is 6.96. The first-order valence-electron chi connectivity index (χ1n) is 9.87. The number of aromatic nitrogens is 3. The van der Waals surface area contributed by atoms with Crippen LogP contribution in [0.4, 0.5) is 4.79 Å². The van der Waals surface area contributed by atoms with Gasteiger partial charge in [0.25, 0.3) is 0 Å². The molecule has 1 aliphatic heterocycles. The van der Waals surface area contributed by atoms with Crippen LogP contribution in [-0.2, 0) is 20.8 Å². The summed E-state index contributed by atoms with van der Waals surface area (Å²) in [5, 5.41) is 32.4. The van der Waals surface area contributed by atoms with Gasteiger partial charge in [-0.05, 0) is 26.8 Å². The van der Waals surface area contributed by atoms with E-state index >= 15 is 0 Å². The molecule has 1 amide bonds. The zero-order valence-corrected chi connectivity index (χ0v) is 17.6. The van der Waals surface area contributed by atoms with E-state index in [9.17, 15) is 24.9 Å². The third-order valence-corrected chi connectivity index (χ3v) is 4.55. The van der Waals surface area contributed by atoms with Gasteiger partial charge in [-0.2, -0.15) is 4.98 Å². The van der Waals surface area contributed by atoms with Gasteiger partial charge in [-0.3, -0.25) is 4.57 Å². The molecule has 2 aromatic heterocycles. The summed E-state index contributed by atoms with van der Waals surface area (Å²) in [5.74, 6) is 0. The number of nitrogens with one attached hydrogen (secondary N) is 2. The topological polar surface area (TPSA) is 168 Å². The Morgan fingerprint density at radius 2 is 2.10 bits per heavy atom. The molecule has 4 atom stereocenters. The van der Waals surface area contributed by atoms with Gasteiger partial charge in [-0.1, -0.05) is 0 Å². The van der Waals surface area contributed by atoms with Crippen LogP contribution in [0.15, 0.2) is 17.1 Å². The number of amides is 1. The first-order valence-corrected chi connectivity index (χ1v) is 9.87. The van der Waals surface area contributed by atoms with Gasteiger partial charge < -0.3 is 39.8 Å². The molecule has 31 heavy (non-hydrogen) atoms. The number of rotatable bonds is 7. The average Bonchev–Trinajstić information content (AvgIpc) is 3.19. The van der Waals surface area contributed by atoms with Crippen LogP contribution >= 0.6 is 0 Å². The highest BCUT2D eigenvalue weighted by Gasteiger charge is 2.43. The number of aliphatic hydroxyl groups is 3. The lowest BCUT2D eigenvalue weighted by molar-refractivity contribution is -0.0547. The van der Waals surface area contributed by atoms with E-state index in [0.717, 1.165) is 4.57 Å². The van der Waals surface area contributed by atoms with Gasteiger partial charge in [0.15, 0.2) is 6.23 Å². The predicted molar refractivity (Wildman–Crippen MR) is 107 cm³/mol. The highest BCUT2D eigenvalue weighted by atomic mass is 16.6. The number of hydrogen-bond donors (Lipinski definition) is 5. The van der Waals surface area contributed by atoms with Crippen molar-refractivity contribution in [2.24, 2.45) is 0 Å². The van der Waals surface area contributed by atoms with Crippen LogP contribution in [0.5, 0.6) is 0 Å². The minimum atomic E-state index is -1.38. The molecule has 1 aliphatic rings. The van der Waals surface area contributed by atoms with E-state index in [1.807, 2.05) is 0 Å². The number of ether oxygens (including phenoxy) is 3. The molecule has 1 fully saturated rings. The van der Waals surface area contributed by atoms with Crippen LogP contribution in [0.3, 0.4) is 0 Å². The second-order valence-corrected chi connectivity index (χ2v) is 8.24. The van der Waals surface area contributed by atoms with E-state index in [1.54, 1.807) is 26.8 Å². The number of H-pyrrole nitrogens is 1. The summed E-state index contributed by atoms with van der Waals surface area (Å²) in [5.41, 5.74) is -0.272. The van der Waals surface area contributed by atoms with Gasteiger partial charge in [0.05, 0.1) is 19.8 Å². The van der Waals surface area contributed by atoms with Gasteiger partial charge in [-0.25, -0.2) is 9.59 Å².